The van der Waals surface area contributed by atoms with Crippen molar-refractivity contribution in [1.29, 1.82) is 0 Å². The predicted octanol–water partition coefficient (Wildman–Crippen LogP) is 1.69. The topological polar surface area (TPSA) is 32.3 Å². The third-order valence-corrected chi connectivity index (χ3v) is 1.84. The largest absolute Gasteiger partial charge is 0.341 e. The Kier molecular flexibility index (Phi) is 5.51. The van der Waals surface area contributed by atoms with Gasteiger partial charge >= 0.3 is 6.03 Å². The Morgan fingerprint density at radius 2 is 2.08 bits per heavy atom. The zero-order chi connectivity index (χ0) is 9.56. The molecule has 0 aliphatic carbocycles. The van der Waals surface area contributed by atoms with Gasteiger partial charge in [-0.2, -0.15) is 0 Å². The van der Waals surface area contributed by atoms with Crippen LogP contribution in [0, 0.1) is 5.92 Å². The van der Waals surface area contributed by atoms with Crippen LogP contribution >= 0.6 is 0 Å². The van der Waals surface area contributed by atoms with Crippen molar-refractivity contribution in [1.82, 2.24) is 10.2 Å². The van der Waals surface area contributed by atoms with E-state index in [-0.39, 0.29) is 6.03 Å². The second kappa shape index (κ2) is 5.86. The first-order valence-corrected chi connectivity index (χ1v) is 4.50. The smallest absolute Gasteiger partial charge is 0.316 e. The maximum atomic E-state index is 11.0. The minimum atomic E-state index is -0.00115. The van der Waals surface area contributed by atoms with Gasteiger partial charge in [-0.15, -0.1) is 0 Å². The molecule has 0 aromatic rings. The molecular weight excluding hydrogens is 152 g/mol. The molecule has 0 unspecified atom stereocenters. The van der Waals surface area contributed by atoms with Crippen LogP contribution in [-0.4, -0.2) is 31.6 Å². The van der Waals surface area contributed by atoms with Crippen LogP contribution in [0.15, 0.2) is 0 Å². The number of nitrogens with zero attached hydrogens (tertiary/aromatic N) is 1. The van der Waals surface area contributed by atoms with Crippen molar-refractivity contribution in [3.8, 4) is 0 Å². The Morgan fingerprint density at radius 1 is 1.50 bits per heavy atom. The van der Waals surface area contributed by atoms with E-state index in [0.29, 0.717) is 0 Å². The molecule has 0 radical (unpaired) electrons. The van der Waals surface area contributed by atoms with Crippen LogP contribution in [0.2, 0.25) is 0 Å². The molecule has 0 saturated heterocycles. The van der Waals surface area contributed by atoms with Crippen molar-refractivity contribution in [2.24, 2.45) is 5.92 Å². The Morgan fingerprint density at radius 3 is 2.50 bits per heavy atom. The molecule has 3 heteroatoms. The lowest BCUT2D eigenvalue weighted by molar-refractivity contribution is 0.209. The van der Waals surface area contributed by atoms with Crippen LogP contribution in [0.1, 0.15) is 26.7 Å². The number of carbonyl (C=O) groups is 1. The van der Waals surface area contributed by atoms with Crippen molar-refractivity contribution in [3.63, 3.8) is 0 Å². The summed E-state index contributed by atoms with van der Waals surface area (Å²) < 4.78 is 0. The van der Waals surface area contributed by atoms with E-state index in [1.807, 2.05) is 7.05 Å². The normalized spacial score (nSPS) is 10.1. The zero-order valence-corrected chi connectivity index (χ0v) is 8.55. The first-order valence-electron chi connectivity index (χ1n) is 4.50. The SMILES string of the molecule is CNC(=O)N(C)CCCC(C)C. The molecule has 0 rings (SSSR count). The molecule has 2 amide bonds. The van der Waals surface area contributed by atoms with Crippen LogP contribution in [0.4, 0.5) is 4.79 Å². The maximum absolute atomic E-state index is 11.0. The molecular formula is C9H20N2O. The fraction of sp³-hybridized carbons (Fsp3) is 0.889. The summed E-state index contributed by atoms with van der Waals surface area (Å²) >= 11 is 0. The standard InChI is InChI=1S/C9H20N2O/c1-8(2)6-5-7-11(4)9(12)10-3/h8H,5-7H2,1-4H3,(H,10,12). The second-order valence-electron chi connectivity index (χ2n) is 3.51. The minimum absolute atomic E-state index is 0.00115. The Hall–Kier alpha value is -0.730. The highest BCUT2D eigenvalue weighted by atomic mass is 16.2. The van der Waals surface area contributed by atoms with Gasteiger partial charge in [0.25, 0.3) is 0 Å². The summed E-state index contributed by atoms with van der Waals surface area (Å²) in [6.07, 6.45) is 2.27. The summed E-state index contributed by atoms with van der Waals surface area (Å²) in [5.41, 5.74) is 0. The van der Waals surface area contributed by atoms with Gasteiger partial charge in [0.05, 0.1) is 0 Å². The summed E-state index contributed by atoms with van der Waals surface area (Å²) in [6.45, 7) is 5.23. The highest BCUT2D eigenvalue weighted by Gasteiger charge is 2.04. The molecule has 0 saturated carbocycles. The molecule has 0 spiro atoms. The monoisotopic (exact) mass is 172 g/mol. The number of hydrogen-bond donors (Lipinski definition) is 1. The van der Waals surface area contributed by atoms with Crippen LogP contribution < -0.4 is 5.32 Å². The van der Waals surface area contributed by atoms with Gasteiger partial charge < -0.3 is 10.2 Å². The van der Waals surface area contributed by atoms with Crippen molar-refractivity contribution >= 4 is 6.03 Å². The third kappa shape index (κ3) is 4.99. The van der Waals surface area contributed by atoms with Gasteiger partial charge in [-0.3, -0.25) is 0 Å². The van der Waals surface area contributed by atoms with Crippen LogP contribution in [0.3, 0.4) is 0 Å². The number of amides is 2. The van der Waals surface area contributed by atoms with Crippen molar-refractivity contribution < 1.29 is 4.79 Å². The van der Waals surface area contributed by atoms with E-state index < -0.39 is 0 Å². The fourth-order valence-corrected chi connectivity index (χ4v) is 1.03. The third-order valence-electron chi connectivity index (χ3n) is 1.84. The summed E-state index contributed by atoms with van der Waals surface area (Å²) in [6, 6.07) is -0.00115. The van der Waals surface area contributed by atoms with E-state index in [1.54, 1.807) is 11.9 Å². The molecule has 0 aromatic carbocycles. The van der Waals surface area contributed by atoms with Gasteiger partial charge in [-0.25, -0.2) is 4.79 Å². The summed E-state index contributed by atoms with van der Waals surface area (Å²) in [5, 5.41) is 2.59. The van der Waals surface area contributed by atoms with E-state index in [2.05, 4.69) is 19.2 Å². The average molecular weight is 172 g/mol. The highest BCUT2D eigenvalue weighted by Crippen LogP contribution is 2.03. The van der Waals surface area contributed by atoms with Crippen LogP contribution in [-0.2, 0) is 0 Å². The Labute approximate surface area is 75.1 Å². The molecule has 0 fully saturated rings. The van der Waals surface area contributed by atoms with E-state index in [4.69, 9.17) is 0 Å². The first-order chi connectivity index (χ1) is 5.57. The summed E-state index contributed by atoms with van der Waals surface area (Å²) in [5.74, 6) is 0.725. The Bertz CT molecular complexity index is 134. The van der Waals surface area contributed by atoms with Crippen LogP contribution in [0.25, 0.3) is 0 Å². The number of nitrogens with one attached hydrogen (secondary N) is 1. The number of carbonyl (C=O) groups excluding carboxylic acids is 1. The summed E-state index contributed by atoms with van der Waals surface area (Å²) in [4.78, 5) is 12.7. The molecule has 0 aliphatic heterocycles. The number of urea groups is 1. The molecule has 1 N–H and O–H groups in total. The van der Waals surface area contributed by atoms with Gasteiger partial charge in [-0.05, 0) is 18.8 Å². The lowest BCUT2D eigenvalue weighted by Crippen LogP contribution is -2.35. The lowest BCUT2D eigenvalue weighted by atomic mass is 10.1. The van der Waals surface area contributed by atoms with Crippen LogP contribution in [0.5, 0.6) is 0 Å². The van der Waals surface area contributed by atoms with Gasteiger partial charge in [0.15, 0.2) is 0 Å². The minimum Gasteiger partial charge on any atom is -0.341 e. The van der Waals surface area contributed by atoms with E-state index in [1.165, 1.54) is 6.42 Å². The molecule has 0 heterocycles. The molecule has 0 aromatic heterocycles. The van der Waals surface area contributed by atoms with Gasteiger partial charge in [0.1, 0.15) is 0 Å². The quantitative estimate of drug-likeness (QED) is 0.687. The highest BCUT2D eigenvalue weighted by molar-refractivity contribution is 5.73. The first kappa shape index (κ1) is 11.3. The van der Waals surface area contributed by atoms with Crippen molar-refractivity contribution in [2.75, 3.05) is 20.6 Å². The van der Waals surface area contributed by atoms with Gasteiger partial charge in [0.2, 0.25) is 0 Å². The van der Waals surface area contributed by atoms with E-state index in [0.717, 1.165) is 18.9 Å². The van der Waals surface area contributed by atoms with E-state index in [9.17, 15) is 4.79 Å². The van der Waals surface area contributed by atoms with Crippen molar-refractivity contribution in [2.45, 2.75) is 26.7 Å². The molecule has 0 atom stereocenters. The van der Waals surface area contributed by atoms with E-state index >= 15 is 0 Å². The Balaban J connectivity index is 3.43. The number of rotatable bonds is 4. The van der Waals surface area contributed by atoms with Gasteiger partial charge in [-0.1, -0.05) is 13.8 Å². The average Bonchev–Trinajstić information content (AvgIpc) is 2.02. The zero-order valence-electron chi connectivity index (χ0n) is 8.55. The predicted molar refractivity (Wildman–Crippen MR) is 51.2 cm³/mol. The molecule has 12 heavy (non-hydrogen) atoms. The summed E-state index contributed by atoms with van der Waals surface area (Å²) in [7, 11) is 3.47. The van der Waals surface area contributed by atoms with Gasteiger partial charge in [0, 0.05) is 20.6 Å². The maximum Gasteiger partial charge on any atom is 0.316 e. The second-order valence-corrected chi connectivity index (χ2v) is 3.51. The molecule has 0 aliphatic rings. The fourth-order valence-electron chi connectivity index (χ4n) is 1.03. The molecule has 0 bridgehead atoms. The molecule has 3 nitrogen and oxygen atoms in total. The van der Waals surface area contributed by atoms with Crippen molar-refractivity contribution in [3.05, 3.63) is 0 Å². The lowest BCUT2D eigenvalue weighted by Gasteiger charge is -2.16. The molecule has 72 valence electrons. The number of hydrogen-bond acceptors (Lipinski definition) is 1.